The van der Waals surface area contributed by atoms with E-state index in [9.17, 15) is 18.0 Å². The molecule has 1 heterocycles. The number of aryl methyl sites for hydroxylation is 1. The van der Waals surface area contributed by atoms with Gasteiger partial charge < -0.3 is 5.11 Å². The molecule has 0 saturated heterocycles. The molecule has 0 spiro atoms. The van der Waals surface area contributed by atoms with Crippen molar-refractivity contribution in [1.82, 2.24) is 9.13 Å². The van der Waals surface area contributed by atoms with E-state index in [-0.39, 0.29) is 34.8 Å². The smallest absolute Gasteiger partial charge is 0.331 e. The molecule has 1 aromatic carbocycles. The zero-order chi connectivity index (χ0) is 20.7. The van der Waals surface area contributed by atoms with Crippen LogP contribution in [-0.2, 0) is 23.1 Å². The fraction of sp³-hybridized carbons (Fsp3) is 0.526. The molecule has 1 saturated carbocycles. The highest BCUT2D eigenvalue weighted by molar-refractivity contribution is 7.90. The molecular weight excluding hydrogens is 382 g/mol. The van der Waals surface area contributed by atoms with Crippen molar-refractivity contribution in [2.45, 2.75) is 51.6 Å². The van der Waals surface area contributed by atoms with Crippen LogP contribution in [0.2, 0.25) is 0 Å². The first-order valence-corrected chi connectivity index (χ1v) is 10.8. The summed E-state index contributed by atoms with van der Waals surface area (Å²) in [6.07, 6.45) is 2.84. The Labute approximate surface area is 163 Å². The van der Waals surface area contributed by atoms with Crippen molar-refractivity contribution in [2.75, 3.05) is 6.61 Å². The van der Waals surface area contributed by atoms with E-state index in [0.717, 1.165) is 11.0 Å². The van der Waals surface area contributed by atoms with Gasteiger partial charge in [-0.1, -0.05) is 6.92 Å². The molecule has 1 unspecified atom stereocenters. The number of benzene rings is 1. The van der Waals surface area contributed by atoms with Crippen LogP contribution >= 0.6 is 0 Å². The minimum absolute atomic E-state index is 0.0638. The van der Waals surface area contributed by atoms with Crippen LogP contribution in [0, 0.1) is 11.3 Å². The Hall–Kier alpha value is -2.26. The Morgan fingerprint density at radius 3 is 2.54 bits per heavy atom. The average molecular weight is 407 g/mol. The van der Waals surface area contributed by atoms with Crippen LogP contribution in [0.15, 0.2) is 37.1 Å². The van der Waals surface area contributed by atoms with Crippen molar-refractivity contribution in [2.24, 2.45) is 15.7 Å². The molecule has 1 N–H and O–H groups in total. The largest absolute Gasteiger partial charge is 0.396 e. The van der Waals surface area contributed by atoms with Crippen LogP contribution < -0.4 is 11.2 Å². The van der Waals surface area contributed by atoms with Gasteiger partial charge in [-0.25, -0.2) is 4.79 Å². The van der Waals surface area contributed by atoms with E-state index in [2.05, 4.69) is 4.40 Å². The van der Waals surface area contributed by atoms with E-state index in [0.29, 0.717) is 18.5 Å². The van der Waals surface area contributed by atoms with Crippen LogP contribution in [0.4, 0.5) is 0 Å². The summed E-state index contributed by atoms with van der Waals surface area (Å²) in [7, 11) is -3.98. The molecule has 1 fully saturated rings. The molecule has 0 aliphatic heterocycles. The molecule has 3 rings (SSSR count). The lowest BCUT2D eigenvalue weighted by Crippen LogP contribution is -2.39. The summed E-state index contributed by atoms with van der Waals surface area (Å²) in [5, 5.41) is 9.20. The van der Waals surface area contributed by atoms with Gasteiger partial charge in [0.25, 0.3) is 15.6 Å². The highest BCUT2D eigenvalue weighted by atomic mass is 32.2. The molecule has 1 aliphatic carbocycles. The van der Waals surface area contributed by atoms with Gasteiger partial charge in [-0.05, 0) is 50.8 Å². The highest BCUT2D eigenvalue weighted by Gasteiger charge is 2.48. The lowest BCUT2D eigenvalue weighted by atomic mass is 10.1. The van der Waals surface area contributed by atoms with Crippen LogP contribution in [-0.4, -0.2) is 35.5 Å². The summed E-state index contributed by atoms with van der Waals surface area (Å²) in [5.74, 6) is 0.226. The standard InChI is InChI=1S/C19H25N3O5S/c1-4-21-16-7-6-14(10-15(16)17(24)22(5-2)18(21)25)28(26,27)20-12-19(3)11-13(19)8-9-23/h6-7,10,12-13,23H,4-5,8-9,11H2,1-3H3/t13-,19?/m1/s1. The van der Waals surface area contributed by atoms with Crippen molar-refractivity contribution >= 4 is 27.1 Å². The van der Waals surface area contributed by atoms with Crippen molar-refractivity contribution in [3.8, 4) is 0 Å². The number of fused-ring (bicyclic) bond motifs is 1. The van der Waals surface area contributed by atoms with Gasteiger partial charge in [-0.3, -0.25) is 13.9 Å². The third kappa shape index (κ3) is 3.44. The van der Waals surface area contributed by atoms with Gasteiger partial charge in [0.15, 0.2) is 0 Å². The zero-order valence-corrected chi connectivity index (χ0v) is 17.1. The maximum Gasteiger partial charge on any atom is 0.331 e. The fourth-order valence-electron chi connectivity index (χ4n) is 3.62. The second kappa shape index (κ2) is 7.29. The maximum atomic E-state index is 12.7. The quantitative estimate of drug-likeness (QED) is 0.697. The van der Waals surface area contributed by atoms with Gasteiger partial charge in [0, 0.05) is 31.3 Å². The summed E-state index contributed by atoms with van der Waals surface area (Å²) in [6, 6.07) is 4.15. The third-order valence-electron chi connectivity index (χ3n) is 5.55. The zero-order valence-electron chi connectivity index (χ0n) is 16.3. The molecule has 2 aromatic rings. The third-order valence-corrected chi connectivity index (χ3v) is 6.78. The molecular formula is C19H25N3O5S. The monoisotopic (exact) mass is 407 g/mol. The lowest BCUT2D eigenvalue weighted by molar-refractivity contribution is 0.275. The van der Waals surface area contributed by atoms with Crippen LogP contribution in [0.25, 0.3) is 10.9 Å². The first-order valence-electron chi connectivity index (χ1n) is 9.38. The molecule has 0 amide bonds. The maximum absolute atomic E-state index is 12.7. The van der Waals surface area contributed by atoms with Gasteiger partial charge >= 0.3 is 5.69 Å². The summed E-state index contributed by atoms with van der Waals surface area (Å²) < 4.78 is 31.7. The van der Waals surface area contributed by atoms with E-state index in [1.165, 1.54) is 29.0 Å². The normalized spacial score (nSPS) is 22.2. The van der Waals surface area contributed by atoms with Crippen molar-refractivity contribution in [3.05, 3.63) is 39.0 Å². The number of sulfonamides is 1. The van der Waals surface area contributed by atoms with Gasteiger partial charge in [-0.2, -0.15) is 12.8 Å². The fourth-order valence-corrected chi connectivity index (χ4v) is 4.62. The number of hydrogen-bond donors (Lipinski definition) is 1. The summed E-state index contributed by atoms with van der Waals surface area (Å²) in [5.41, 5.74) is -0.843. The number of aliphatic hydroxyl groups excluding tert-OH is 1. The molecule has 2 atom stereocenters. The van der Waals surface area contributed by atoms with Crippen molar-refractivity contribution < 1.29 is 13.5 Å². The second-order valence-corrected chi connectivity index (χ2v) is 9.02. The Kier molecular flexibility index (Phi) is 5.33. The van der Waals surface area contributed by atoms with E-state index < -0.39 is 21.3 Å². The highest BCUT2D eigenvalue weighted by Crippen LogP contribution is 2.52. The summed E-state index contributed by atoms with van der Waals surface area (Å²) in [4.78, 5) is 25.0. The summed E-state index contributed by atoms with van der Waals surface area (Å²) in [6.45, 7) is 6.02. The van der Waals surface area contributed by atoms with Crippen LogP contribution in [0.1, 0.15) is 33.6 Å². The Morgan fingerprint density at radius 2 is 1.93 bits per heavy atom. The summed E-state index contributed by atoms with van der Waals surface area (Å²) >= 11 is 0. The Bertz CT molecular complexity index is 1160. The SMILES string of the molecule is CCn1c(=O)c2cc(S(=O)(=O)N=CC3(C)C[C@H]3CCO)ccc2n(CC)c1=O. The van der Waals surface area contributed by atoms with Gasteiger partial charge in [0.1, 0.15) is 0 Å². The predicted octanol–water partition coefficient (Wildman–Crippen LogP) is 1.37. The second-order valence-electron chi connectivity index (χ2n) is 7.38. The number of aromatic nitrogens is 2. The number of rotatable bonds is 7. The van der Waals surface area contributed by atoms with Crippen LogP contribution in [0.3, 0.4) is 0 Å². The first kappa shape index (κ1) is 20.5. The minimum Gasteiger partial charge on any atom is -0.396 e. The lowest BCUT2D eigenvalue weighted by Gasteiger charge is -2.12. The molecule has 8 nitrogen and oxygen atoms in total. The first-order chi connectivity index (χ1) is 13.2. The molecule has 1 aromatic heterocycles. The van der Waals surface area contributed by atoms with Crippen molar-refractivity contribution in [3.63, 3.8) is 0 Å². The van der Waals surface area contributed by atoms with E-state index in [4.69, 9.17) is 5.11 Å². The predicted molar refractivity (Wildman–Crippen MR) is 107 cm³/mol. The van der Waals surface area contributed by atoms with Crippen molar-refractivity contribution in [1.29, 1.82) is 0 Å². The molecule has 1 aliphatic rings. The van der Waals surface area contributed by atoms with E-state index >= 15 is 0 Å². The molecule has 0 bridgehead atoms. The van der Waals surface area contributed by atoms with Gasteiger partial charge in [0.05, 0.1) is 15.8 Å². The Balaban J connectivity index is 2.07. The average Bonchev–Trinajstić information content (AvgIpc) is 3.31. The Morgan fingerprint density at radius 1 is 1.25 bits per heavy atom. The molecule has 152 valence electrons. The van der Waals surface area contributed by atoms with E-state index in [1.54, 1.807) is 13.8 Å². The molecule has 0 radical (unpaired) electrons. The van der Waals surface area contributed by atoms with Crippen LogP contribution in [0.5, 0.6) is 0 Å². The topological polar surface area (TPSA) is 111 Å². The van der Waals surface area contributed by atoms with Gasteiger partial charge in [-0.15, -0.1) is 0 Å². The van der Waals surface area contributed by atoms with Gasteiger partial charge in [0.2, 0.25) is 0 Å². The number of aliphatic hydroxyl groups is 1. The van der Waals surface area contributed by atoms with E-state index in [1.807, 2.05) is 6.92 Å². The molecule has 9 heteroatoms. The molecule has 28 heavy (non-hydrogen) atoms. The minimum atomic E-state index is -3.98. The number of nitrogens with zero attached hydrogens (tertiary/aromatic N) is 3. The number of hydrogen-bond acceptors (Lipinski definition) is 5.